The van der Waals surface area contributed by atoms with E-state index in [4.69, 9.17) is 5.73 Å². The smallest absolute Gasteiger partial charge is 0.326 e. The van der Waals surface area contributed by atoms with E-state index in [0.29, 0.717) is 51.7 Å². The van der Waals surface area contributed by atoms with Crippen LogP contribution >= 0.6 is 0 Å². The number of primary amides is 1. The molecule has 3 aliphatic rings. The van der Waals surface area contributed by atoms with Gasteiger partial charge in [0.2, 0.25) is 23.6 Å². The van der Waals surface area contributed by atoms with Crippen molar-refractivity contribution in [1.29, 1.82) is 0 Å². The molecule has 30 heavy (non-hydrogen) atoms. The Labute approximate surface area is 174 Å². The van der Waals surface area contributed by atoms with Crippen LogP contribution < -0.4 is 16.4 Å². The predicted octanol–water partition coefficient (Wildman–Crippen LogP) is -1.83. The van der Waals surface area contributed by atoms with Crippen molar-refractivity contribution in [1.82, 2.24) is 20.4 Å². The Kier molecular flexibility index (Phi) is 6.91. The van der Waals surface area contributed by atoms with Gasteiger partial charge in [-0.15, -0.1) is 0 Å². The number of likely N-dealkylation sites (tertiary alicyclic amines) is 2. The second kappa shape index (κ2) is 9.41. The molecule has 11 nitrogen and oxygen atoms in total. The molecule has 4 amide bonds. The van der Waals surface area contributed by atoms with Crippen LogP contribution in [0, 0.1) is 0 Å². The van der Waals surface area contributed by atoms with Crippen molar-refractivity contribution in [2.24, 2.45) is 5.73 Å². The molecule has 0 aromatic heterocycles. The van der Waals surface area contributed by atoms with Crippen LogP contribution in [0.4, 0.5) is 0 Å². The van der Waals surface area contributed by atoms with Gasteiger partial charge in [0.15, 0.2) is 0 Å². The number of carbonyl (C=O) groups excluding carboxylic acids is 4. The molecule has 4 atom stereocenters. The number of aliphatic carboxylic acids is 1. The standard InChI is InChI=1S/C19H29N5O6/c20-15(25)10-12(22-16(26)11-4-1-7-21-11)17(27)23-8-2-5-13(23)18(28)24-9-3-6-14(24)19(29)30/h11-14,21H,1-10H2,(H2,20,25)(H,22,26)(H,29,30). The third-order valence-electron chi connectivity index (χ3n) is 6.04. The highest BCUT2D eigenvalue weighted by Crippen LogP contribution is 2.26. The van der Waals surface area contributed by atoms with Gasteiger partial charge in [-0.05, 0) is 45.1 Å². The summed E-state index contributed by atoms with van der Waals surface area (Å²) in [7, 11) is 0. The lowest BCUT2D eigenvalue weighted by Gasteiger charge is -2.32. The molecular formula is C19H29N5O6. The van der Waals surface area contributed by atoms with Gasteiger partial charge in [0.05, 0.1) is 12.5 Å². The summed E-state index contributed by atoms with van der Waals surface area (Å²) in [6.45, 7) is 1.34. The molecule has 11 heteroatoms. The summed E-state index contributed by atoms with van der Waals surface area (Å²) in [6, 6.07) is -3.26. The first kappa shape index (κ1) is 22.0. The minimum Gasteiger partial charge on any atom is -0.480 e. The number of carboxylic acid groups (broad SMARTS) is 1. The van der Waals surface area contributed by atoms with E-state index in [2.05, 4.69) is 10.6 Å². The molecule has 0 radical (unpaired) electrons. The topological polar surface area (TPSA) is 162 Å². The summed E-state index contributed by atoms with van der Waals surface area (Å²) in [5.41, 5.74) is 5.29. The first-order valence-corrected chi connectivity index (χ1v) is 10.5. The van der Waals surface area contributed by atoms with E-state index in [-0.39, 0.29) is 12.3 Å². The van der Waals surface area contributed by atoms with E-state index < -0.39 is 47.9 Å². The molecule has 0 saturated carbocycles. The van der Waals surface area contributed by atoms with Gasteiger partial charge in [-0.3, -0.25) is 19.2 Å². The Morgan fingerprint density at radius 1 is 1.00 bits per heavy atom. The van der Waals surface area contributed by atoms with E-state index in [1.54, 1.807) is 0 Å². The molecule has 166 valence electrons. The molecule has 3 aliphatic heterocycles. The largest absolute Gasteiger partial charge is 0.480 e. The Morgan fingerprint density at radius 3 is 2.27 bits per heavy atom. The average Bonchev–Trinajstić information content (AvgIpc) is 3.47. The second-order valence-electron chi connectivity index (χ2n) is 8.10. The van der Waals surface area contributed by atoms with Gasteiger partial charge >= 0.3 is 5.97 Å². The van der Waals surface area contributed by atoms with Crippen LogP contribution in [-0.2, 0) is 24.0 Å². The highest BCUT2D eigenvalue weighted by Gasteiger charge is 2.44. The summed E-state index contributed by atoms with van der Waals surface area (Å²) >= 11 is 0. The van der Waals surface area contributed by atoms with Crippen LogP contribution in [0.25, 0.3) is 0 Å². The molecule has 4 unspecified atom stereocenters. The quantitative estimate of drug-likeness (QED) is 0.374. The summed E-state index contributed by atoms with van der Waals surface area (Å²) in [6.07, 6.45) is 3.09. The zero-order valence-corrected chi connectivity index (χ0v) is 16.8. The van der Waals surface area contributed by atoms with Gasteiger partial charge in [0, 0.05) is 13.1 Å². The number of hydrogen-bond donors (Lipinski definition) is 4. The summed E-state index contributed by atoms with van der Waals surface area (Å²) in [5, 5.41) is 15.0. The van der Waals surface area contributed by atoms with Crippen molar-refractivity contribution in [2.75, 3.05) is 19.6 Å². The third-order valence-corrected chi connectivity index (χ3v) is 6.04. The van der Waals surface area contributed by atoms with Crippen LogP contribution in [0.2, 0.25) is 0 Å². The third kappa shape index (κ3) is 4.72. The fraction of sp³-hybridized carbons (Fsp3) is 0.737. The normalized spacial score (nSPS) is 27.1. The van der Waals surface area contributed by atoms with Crippen LogP contribution in [0.1, 0.15) is 44.9 Å². The number of nitrogens with zero attached hydrogens (tertiary/aromatic N) is 2. The van der Waals surface area contributed by atoms with Crippen molar-refractivity contribution in [3.05, 3.63) is 0 Å². The van der Waals surface area contributed by atoms with Crippen molar-refractivity contribution in [3.63, 3.8) is 0 Å². The number of hydrogen-bond acceptors (Lipinski definition) is 6. The Balaban J connectivity index is 1.72. The summed E-state index contributed by atoms with van der Waals surface area (Å²) in [5.74, 6) is -3.10. The van der Waals surface area contributed by atoms with Crippen molar-refractivity contribution < 1.29 is 29.1 Å². The van der Waals surface area contributed by atoms with E-state index in [1.807, 2.05) is 0 Å². The molecule has 0 aliphatic carbocycles. The molecule has 0 spiro atoms. The van der Waals surface area contributed by atoms with Crippen molar-refractivity contribution >= 4 is 29.6 Å². The van der Waals surface area contributed by atoms with Gasteiger partial charge in [-0.25, -0.2) is 4.79 Å². The SMILES string of the molecule is NC(=O)CC(NC(=O)C1CCCN1)C(=O)N1CCCC1C(=O)N1CCCC1C(=O)O. The molecule has 0 aromatic carbocycles. The van der Waals surface area contributed by atoms with Crippen LogP contribution in [0.3, 0.4) is 0 Å². The second-order valence-corrected chi connectivity index (χ2v) is 8.10. The number of nitrogens with one attached hydrogen (secondary N) is 2. The van der Waals surface area contributed by atoms with Gasteiger partial charge in [0.25, 0.3) is 0 Å². The maximum Gasteiger partial charge on any atom is 0.326 e. The lowest BCUT2D eigenvalue weighted by Crippen LogP contribution is -2.57. The zero-order valence-electron chi connectivity index (χ0n) is 16.8. The number of carbonyl (C=O) groups is 5. The Bertz CT molecular complexity index is 722. The Hall–Kier alpha value is -2.69. The average molecular weight is 423 g/mol. The van der Waals surface area contributed by atoms with Gasteiger partial charge in [-0.1, -0.05) is 0 Å². The minimum atomic E-state index is -1.15. The fourth-order valence-electron chi connectivity index (χ4n) is 4.55. The molecule has 3 rings (SSSR count). The van der Waals surface area contributed by atoms with Crippen molar-refractivity contribution in [2.45, 2.75) is 69.1 Å². The lowest BCUT2D eigenvalue weighted by atomic mass is 10.1. The maximum atomic E-state index is 13.2. The van der Waals surface area contributed by atoms with Crippen LogP contribution in [-0.4, -0.2) is 88.3 Å². The Morgan fingerprint density at radius 2 is 1.67 bits per heavy atom. The number of amides is 4. The highest BCUT2D eigenvalue weighted by atomic mass is 16.4. The predicted molar refractivity (Wildman–Crippen MR) is 104 cm³/mol. The fourth-order valence-corrected chi connectivity index (χ4v) is 4.55. The molecule has 0 aromatic rings. The van der Waals surface area contributed by atoms with E-state index in [0.717, 1.165) is 6.42 Å². The first-order valence-electron chi connectivity index (χ1n) is 10.5. The first-order chi connectivity index (χ1) is 14.3. The molecule has 3 saturated heterocycles. The lowest BCUT2D eigenvalue weighted by molar-refractivity contribution is -0.152. The van der Waals surface area contributed by atoms with Crippen molar-refractivity contribution in [3.8, 4) is 0 Å². The number of carboxylic acids is 1. The molecule has 0 bridgehead atoms. The highest BCUT2D eigenvalue weighted by molar-refractivity contribution is 5.96. The van der Waals surface area contributed by atoms with E-state index in [1.165, 1.54) is 9.80 Å². The monoisotopic (exact) mass is 423 g/mol. The van der Waals surface area contributed by atoms with Crippen LogP contribution in [0.15, 0.2) is 0 Å². The maximum absolute atomic E-state index is 13.2. The molecular weight excluding hydrogens is 394 g/mol. The van der Waals surface area contributed by atoms with Crippen LogP contribution in [0.5, 0.6) is 0 Å². The van der Waals surface area contributed by atoms with Gasteiger partial charge in [0.1, 0.15) is 18.1 Å². The van der Waals surface area contributed by atoms with Gasteiger partial charge < -0.3 is 31.3 Å². The zero-order chi connectivity index (χ0) is 21.8. The van der Waals surface area contributed by atoms with E-state index in [9.17, 15) is 29.1 Å². The number of rotatable bonds is 7. The summed E-state index contributed by atoms with van der Waals surface area (Å²) in [4.78, 5) is 64.3. The number of nitrogens with two attached hydrogens (primary N) is 1. The molecule has 3 heterocycles. The summed E-state index contributed by atoms with van der Waals surface area (Å²) < 4.78 is 0. The molecule has 3 fully saturated rings. The minimum absolute atomic E-state index is 0.299. The molecule has 5 N–H and O–H groups in total. The van der Waals surface area contributed by atoms with Gasteiger partial charge in [-0.2, -0.15) is 0 Å². The van der Waals surface area contributed by atoms with E-state index >= 15 is 0 Å².